The van der Waals surface area contributed by atoms with E-state index in [4.69, 9.17) is 0 Å². The van der Waals surface area contributed by atoms with Crippen molar-refractivity contribution < 1.29 is 4.79 Å². The van der Waals surface area contributed by atoms with Crippen molar-refractivity contribution in [1.29, 1.82) is 0 Å². The zero-order chi connectivity index (χ0) is 16.4. The van der Waals surface area contributed by atoms with Crippen molar-refractivity contribution in [3.8, 4) is 0 Å². The highest BCUT2D eigenvalue weighted by atomic mass is 16.1. The fourth-order valence-corrected chi connectivity index (χ4v) is 2.60. The number of carbonyl (C=O) groups excluding carboxylic acids is 1. The molecule has 1 amide bonds. The predicted molar refractivity (Wildman–Crippen MR) is 92.1 cm³/mol. The van der Waals surface area contributed by atoms with Crippen LogP contribution in [0.1, 0.15) is 46.5 Å². The minimum atomic E-state index is 0.0926. The molecule has 0 spiro atoms. The van der Waals surface area contributed by atoms with Crippen molar-refractivity contribution in [2.45, 2.75) is 58.5 Å². The number of amides is 1. The van der Waals surface area contributed by atoms with Crippen molar-refractivity contribution in [2.24, 2.45) is 4.99 Å². The third-order valence-corrected chi connectivity index (χ3v) is 4.04. The Bertz CT molecular complexity index is 348. The van der Waals surface area contributed by atoms with Gasteiger partial charge < -0.3 is 20.9 Å². The lowest BCUT2D eigenvalue weighted by molar-refractivity contribution is -0.120. The van der Waals surface area contributed by atoms with E-state index in [0.717, 1.165) is 44.9 Å². The number of nitrogens with one attached hydrogen (secondary N) is 3. The van der Waals surface area contributed by atoms with E-state index in [0.29, 0.717) is 25.0 Å². The lowest BCUT2D eigenvalue weighted by atomic mass is 10.0. The highest BCUT2D eigenvalue weighted by Crippen LogP contribution is 2.12. The van der Waals surface area contributed by atoms with Crippen LogP contribution >= 0.6 is 0 Å². The smallest absolute Gasteiger partial charge is 0.221 e. The third kappa shape index (κ3) is 7.11. The zero-order valence-corrected chi connectivity index (χ0v) is 14.6. The summed E-state index contributed by atoms with van der Waals surface area (Å²) in [5.74, 6) is 0.890. The summed E-state index contributed by atoms with van der Waals surface area (Å²) in [4.78, 5) is 18.3. The maximum absolute atomic E-state index is 11.5. The van der Waals surface area contributed by atoms with Crippen LogP contribution in [-0.2, 0) is 4.79 Å². The van der Waals surface area contributed by atoms with Crippen LogP contribution < -0.4 is 16.0 Å². The van der Waals surface area contributed by atoms with Crippen LogP contribution in [0.25, 0.3) is 0 Å². The van der Waals surface area contributed by atoms with E-state index in [2.05, 4.69) is 46.6 Å². The molecular formula is C16H33N5O. The molecule has 1 fully saturated rings. The van der Waals surface area contributed by atoms with Gasteiger partial charge in [0.15, 0.2) is 5.96 Å². The molecule has 0 aromatic rings. The van der Waals surface area contributed by atoms with Gasteiger partial charge in [-0.25, -0.2) is 0 Å². The Morgan fingerprint density at radius 2 is 1.91 bits per heavy atom. The molecule has 3 N–H and O–H groups in total. The molecule has 128 valence electrons. The molecule has 22 heavy (non-hydrogen) atoms. The average molecular weight is 311 g/mol. The predicted octanol–water partition coefficient (Wildman–Crippen LogP) is 0.941. The number of hydrogen-bond donors (Lipinski definition) is 3. The van der Waals surface area contributed by atoms with E-state index in [9.17, 15) is 4.79 Å². The summed E-state index contributed by atoms with van der Waals surface area (Å²) in [7, 11) is 1.77. The maximum Gasteiger partial charge on any atom is 0.221 e. The molecule has 1 rings (SSSR count). The molecule has 0 bridgehead atoms. The SMILES string of the molecule is CCCNC(=O)CCNC(=NC)NC1CCN(C(C)C)CC1. The number of hydrogen-bond acceptors (Lipinski definition) is 3. The summed E-state index contributed by atoms with van der Waals surface area (Å²) in [5.41, 5.74) is 0. The van der Waals surface area contributed by atoms with Crippen LogP contribution in [0.4, 0.5) is 0 Å². The number of carbonyl (C=O) groups is 1. The molecule has 0 atom stereocenters. The molecule has 6 nitrogen and oxygen atoms in total. The van der Waals surface area contributed by atoms with Crippen molar-refractivity contribution in [1.82, 2.24) is 20.9 Å². The molecule has 0 aliphatic carbocycles. The van der Waals surface area contributed by atoms with E-state index in [1.165, 1.54) is 0 Å². The minimum Gasteiger partial charge on any atom is -0.356 e. The Morgan fingerprint density at radius 1 is 1.23 bits per heavy atom. The van der Waals surface area contributed by atoms with E-state index in [1.807, 2.05) is 0 Å². The number of piperidine rings is 1. The first-order chi connectivity index (χ1) is 10.6. The summed E-state index contributed by atoms with van der Waals surface area (Å²) < 4.78 is 0. The topological polar surface area (TPSA) is 68.8 Å². The number of nitrogens with zero attached hydrogens (tertiary/aromatic N) is 2. The van der Waals surface area contributed by atoms with Gasteiger partial charge in [-0.15, -0.1) is 0 Å². The Balaban J connectivity index is 2.22. The van der Waals surface area contributed by atoms with E-state index in [-0.39, 0.29) is 5.91 Å². The van der Waals surface area contributed by atoms with Gasteiger partial charge in [0.2, 0.25) is 5.91 Å². The lowest BCUT2D eigenvalue weighted by Crippen LogP contribution is -2.50. The van der Waals surface area contributed by atoms with E-state index >= 15 is 0 Å². The Labute approximate surface area is 135 Å². The number of likely N-dealkylation sites (tertiary alicyclic amines) is 1. The van der Waals surface area contributed by atoms with Gasteiger partial charge in [0.05, 0.1) is 0 Å². The summed E-state index contributed by atoms with van der Waals surface area (Å²) in [6.45, 7) is 10.2. The van der Waals surface area contributed by atoms with E-state index in [1.54, 1.807) is 7.05 Å². The first kappa shape index (κ1) is 18.7. The summed E-state index contributed by atoms with van der Waals surface area (Å²) in [6, 6.07) is 1.09. The third-order valence-electron chi connectivity index (χ3n) is 4.04. The number of aliphatic imine (C=N–C) groups is 1. The quantitative estimate of drug-likeness (QED) is 0.483. The molecule has 1 aliphatic heterocycles. The molecular weight excluding hydrogens is 278 g/mol. The van der Waals surface area contributed by atoms with Crippen molar-refractivity contribution in [3.63, 3.8) is 0 Å². The molecule has 1 heterocycles. The molecule has 0 saturated carbocycles. The molecule has 1 aliphatic rings. The first-order valence-corrected chi connectivity index (χ1v) is 8.54. The average Bonchev–Trinajstić information content (AvgIpc) is 2.52. The van der Waals surface area contributed by atoms with Crippen LogP contribution in [0, 0.1) is 0 Å². The van der Waals surface area contributed by atoms with Crippen molar-refractivity contribution in [2.75, 3.05) is 33.2 Å². The summed E-state index contributed by atoms with van der Waals surface area (Å²) in [5, 5.41) is 9.56. The first-order valence-electron chi connectivity index (χ1n) is 8.54. The Morgan fingerprint density at radius 3 is 2.45 bits per heavy atom. The van der Waals surface area contributed by atoms with Crippen LogP contribution in [-0.4, -0.2) is 62.1 Å². The summed E-state index contributed by atoms with van der Waals surface area (Å²) in [6.07, 6.45) is 3.72. The summed E-state index contributed by atoms with van der Waals surface area (Å²) >= 11 is 0. The van der Waals surface area contributed by atoms with Gasteiger partial charge in [0, 0.05) is 51.7 Å². The minimum absolute atomic E-state index is 0.0926. The van der Waals surface area contributed by atoms with Gasteiger partial charge in [-0.05, 0) is 33.1 Å². The van der Waals surface area contributed by atoms with Crippen LogP contribution in [0.2, 0.25) is 0 Å². The standard InChI is InChI=1S/C16H33N5O/c1-5-9-18-15(22)6-10-19-16(17-4)20-14-7-11-21(12-8-14)13(2)3/h13-14H,5-12H2,1-4H3,(H,18,22)(H2,17,19,20). The number of rotatable bonds is 7. The fourth-order valence-electron chi connectivity index (χ4n) is 2.60. The molecule has 0 unspecified atom stereocenters. The second-order valence-electron chi connectivity index (χ2n) is 6.15. The van der Waals surface area contributed by atoms with Crippen molar-refractivity contribution >= 4 is 11.9 Å². The van der Waals surface area contributed by atoms with Gasteiger partial charge in [0.1, 0.15) is 0 Å². The Hall–Kier alpha value is -1.30. The second-order valence-corrected chi connectivity index (χ2v) is 6.15. The molecule has 0 radical (unpaired) electrons. The van der Waals surface area contributed by atoms with Gasteiger partial charge in [0.25, 0.3) is 0 Å². The van der Waals surface area contributed by atoms with Crippen LogP contribution in [0.3, 0.4) is 0 Å². The maximum atomic E-state index is 11.5. The highest BCUT2D eigenvalue weighted by Gasteiger charge is 2.21. The normalized spacial score (nSPS) is 17.6. The van der Waals surface area contributed by atoms with Crippen molar-refractivity contribution in [3.05, 3.63) is 0 Å². The van der Waals surface area contributed by atoms with Crippen LogP contribution in [0.5, 0.6) is 0 Å². The van der Waals surface area contributed by atoms with Gasteiger partial charge in [-0.3, -0.25) is 9.79 Å². The fraction of sp³-hybridized carbons (Fsp3) is 0.875. The van der Waals surface area contributed by atoms with E-state index < -0.39 is 0 Å². The largest absolute Gasteiger partial charge is 0.356 e. The number of guanidine groups is 1. The van der Waals surface area contributed by atoms with Gasteiger partial charge in [-0.2, -0.15) is 0 Å². The van der Waals surface area contributed by atoms with Gasteiger partial charge in [-0.1, -0.05) is 6.92 Å². The molecule has 1 saturated heterocycles. The highest BCUT2D eigenvalue weighted by molar-refractivity contribution is 5.81. The molecule has 0 aromatic heterocycles. The zero-order valence-electron chi connectivity index (χ0n) is 14.6. The van der Waals surface area contributed by atoms with Crippen LogP contribution in [0.15, 0.2) is 4.99 Å². The van der Waals surface area contributed by atoms with Gasteiger partial charge >= 0.3 is 0 Å². The second kappa shape index (κ2) is 10.4. The molecule has 0 aromatic carbocycles. The Kier molecular flexibility index (Phi) is 8.89. The monoisotopic (exact) mass is 311 g/mol. The lowest BCUT2D eigenvalue weighted by Gasteiger charge is -2.35. The molecule has 6 heteroatoms.